The van der Waals surface area contributed by atoms with E-state index in [4.69, 9.17) is 17.0 Å². The summed E-state index contributed by atoms with van der Waals surface area (Å²) in [5.41, 5.74) is 2.86. The fourth-order valence-electron chi connectivity index (χ4n) is 4.54. The average molecular weight is 450 g/mol. The van der Waals surface area contributed by atoms with E-state index in [1.165, 1.54) is 12.1 Å². The molecule has 0 amide bonds. The fraction of sp³-hybridized carbons (Fsp3) is 0.304. The molecule has 3 atom stereocenters. The van der Waals surface area contributed by atoms with Gasteiger partial charge in [-0.3, -0.25) is 15.1 Å². The zero-order valence-corrected chi connectivity index (χ0v) is 18.1. The van der Waals surface area contributed by atoms with Crippen molar-refractivity contribution >= 4 is 23.0 Å². The first kappa shape index (κ1) is 20.6. The van der Waals surface area contributed by atoms with Gasteiger partial charge in [0, 0.05) is 49.1 Å². The summed E-state index contributed by atoms with van der Waals surface area (Å²) in [6.07, 6.45) is 5.98. The quantitative estimate of drug-likeness (QED) is 0.347. The Kier molecular flexibility index (Phi) is 5.59. The van der Waals surface area contributed by atoms with Crippen LogP contribution in [0, 0.1) is 10.1 Å². The maximum Gasteiger partial charge on any atom is 0.269 e. The van der Waals surface area contributed by atoms with Crippen molar-refractivity contribution in [3.63, 3.8) is 0 Å². The van der Waals surface area contributed by atoms with E-state index in [9.17, 15) is 10.1 Å². The van der Waals surface area contributed by atoms with Gasteiger partial charge < -0.3 is 19.5 Å². The van der Waals surface area contributed by atoms with Gasteiger partial charge in [0.1, 0.15) is 0 Å². The van der Waals surface area contributed by atoms with E-state index in [0.717, 1.165) is 36.5 Å². The van der Waals surface area contributed by atoms with Crippen LogP contribution in [-0.2, 0) is 4.74 Å². The second kappa shape index (κ2) is 8.68. The Morgan fingerprint density at radius 3 is 2.72 bits per heavy atom. The minimum absolute atomic E-state index is 0.0672. The van der Waals surface area contributed by atoms with Gasteiger partial charge in [-0.1, -0.05) is 6.07 Å². The van der Waals surface area contributed by atoms with E-state index >= 15 is 0 Å². The summed E-state index contributed by atoms with van der Waals surface area (Å²) in [4.78, 5) is 17.5. The highest BCUT2D eigenvalue weighted by atomic mass is 32.1. The predicted octanol–water partition coefficient (Wildman–Crippen LogP) is 3.93. The summed E-state index contributed by atoms with van der Waals surface area (Å²) in [6.45, 7) is 1.48. The summed E-state index contributed by atoms with van der Waals surface area (Å²) in [6, 6.07) is 16.3. The zero-order chi connectivity index (χ0) is 22.1. The van der Waals surface area contributed by atoms with Crippen molar-refractivity contribution in [2.75, 3.05) is 13.2 Å². The predicted molar refractivity (Wildman–Crippen MR) is 124 cm³/mol. The minimum Gasteiger partial charge on any atom is -0.376 e. The number of nitro benzene ring substituents is 1. The maximum atomic E-state index is 11.1. The normalized spacial score (nSPS) is 22.8. The first-order valence-electron chi connectivity index (χ1n) is 10.6. The Morgan fingerprint density at radius 2 is 2.03 bits per heavy atom. The van der Waals surface area contributed by atoms with Crippen LogP contribution in [0.5, 0.6) is 0 Å². The SMILES string of the molecule is O=[N+]([O-])c1ccc(-n2cccc2[C@@H]2[C@H](c3ccccn3)NC(=S)N2C[C@@H]2CCCO2)cc1. The van der Waals surface area contributed by atoms with E-state index in [-0.39, 0.29) is 28.8 Å². The molecular weight excluding hydrogens is 426 g/mol. The van der Waals surface area contributed by atoms with Crippen molar-refractivity contribution in [1.82, 2.24) is 19.8 Å². The van der Waals surface area contributed by atoms with Crippen LogP contribution in [-0.4, -0.2) is 43.7 Å². The molecule has 2 fully saturated rings. The number of ether oxygens (including phenoxy) is 1. The van der Waals surface area contributed by atoms with Gasteiger partial charge in [-0.15, -0.1) is 0 Å². The topological polar surface area (TPSA) is 85.5 Å². The van der Waals surface area contributed by atoms with Gasteiger partial charge in [0.25, 0.3) is 5.69 Å². The highest BCUT2D eigenvalue weighted by Gasteiger charge is 2.42. The molecule has 2 saturated heterocycles. The molecule has 0 aliphatic carbocycles. The summed E-state index contributed by atoms with van der Waals surface area (Å²) in [7, 11) is 0. The Bertz CT molecular complexity index is 1110. The molecule has 0 bridgehead atoms. The largest absolute Gasteiger partial charge is 0.376 e. The molecule has 0 unspecified atom stereocenters. The standard InChI is InChI=1S/C23H23N5O3S/c29-28(30)17-10-8-16(9-11-17)26-13-3-7-20(26)22-21(19-6-1-2-12-24-19)25-23(32)27(22)15-18-5-4-14-31-18/h1-3,6-13,18,21-22H,4-5,14-15H2,(H,25,32)/t18-,21-,22+/m0/s1. The van der Waals surface area contributed by atoms with Crippen molar-refractivity contribution in [2.24, 2.45) is 0 Å². The van der Waals surface area contributed by atoms with E-state index < -0.39 is 0 Å². The lowest BCUT2D eigenvalue weighted by atomic mass is 10.0. The second-order valence-corrected chi connectivity index (χ2v) is 8.38. The number of nitrogens with one attached hydrogen (secondary N) is 1. The molecule has 32 heavy (non-hydrogen) atoms. The van der Waals surface area contributed by atoms with Gasteiger partial charge in [0.05, 0.1) is 28.8 Å². The van der Waals surface area contributed by atoms with Crippen LogP contribution < -0.4 is 5.32 Å². The lowest BCUT2D eigenvalue weighted by molar-refractivity contribution is -0.384. The summed E-state index contributed by atoms with van der Waals surface area (Å²) in [5.74, 6) is 0. The number of thiocarbonyl (C=S) groups is 1. The van der Waals surface area contributed by atoms with Gasteiger partial charge in [0.15, 0.2) is 5.11 Å². The van der Waals surface area contributed by atoms with Crippen LogP contribution in [0.3, 0.4) is 0 Å². The number of hydrogen-bond donors (Lipinski definition) is 1. The number of non-ortho nitro benzene ring substituents is 1. The molecule has 1 aromatic carbocycles. The molecule has 4 heterocycles. The molecule has 5 rings (SSSR count). The van der Waals surface area contributed by atoms with Crippen molar-refractivity contribution in [1.29, 1.82) is 0 Å². The Labute approximate surface area is 191 Å². The Morgan fingerprint density at radius 1 is 1.19 bits per heavy atom. The van der Waals surface area contributed by atoms with E-state index in [1.807, 2.05) is 30.5 Å². The van der Waals surface area contributed by atoms with Crippen LogP contribution in [0.2, 0.25) is 0 Å². The molecule has 1 N–H and O–H groups in total. The molecule has 0 saturated carbocycles. The highest BCUT2D eigenvalue weighted by Crippen LogP contribution is 2.40. The zero-order valence-electron chi connectivity index (χ0n) is 17.3. The molecule has 164 valence electrons. The fourth-order valence-corrected chi connectivity index (χ4v) is 4.85. The third-order valence-electron chi connectivity index (χ3n) is 6.04. The van der Waals surface area contributed by atoms with Crippen LogP contribution in [0.25, 0.3) is 5.69 Å². The number of nitrogens with zero attached hydrogens (tertiary/aromatic N) is 4. The van der Waals surface area contributed by atoms with E-state index in [2.05, 4.69) is 25.8 Å². The number of aromatic nitrogens is 2. The van der Waals surface area contributed by atoms with Gasteiger partial charge in [0.2, 0.25) is 0 Å². The Balaban J connectivity index is 1.55. The monoisotopic (exact) mass is 449 g/mol. The highest BCUT2D eigenvalue weighted by molar-refractivity contribution is 7.80. The summed E-state index contributed by atoms with van der Waals surface area (Å²) < 4.78 is 7.96. The van der Waals surface area contributed by atoms with Crippen molar-refractivity contribution in [3.05, 3.63) is 88.5 Å². The number of hydrogen-bond acceptors (Lipinski definition) is 5. The maximum absolute atomic E-state index is 11.1. The van der Waals surface area contributed by atoms with E-state index in [1.54, 1.807) is 18.3 Å². The average Bonchev–Trinajstić information content (AvgIpc) is 3.56. The third kappa shape index (κ3) is 3.85. The molecule has 9 heteroatoms. The lowest BCUT2D eigenvalue weighted by Crippen LogP contribution is -2.36. The number of nitro groups is 1. The van der Waals surface area contributed by atoms with Gasteiger partial charge in [-0.05, 0) is 61.5 Å². The molecule has 2 aromatic heterocycles. The molecule has 2 aliphatic rings. The molecule has 3 aromatic rings. The molecular formula is C23H23N5O3S. The molecule has 0 radical (unpaired) electrons. The van der Waals surface area contributed by atoms with Crippen molar-refractivity contribution in [2.45, 2.75) is 31.0 Å². The lowest BCUT2D eigenvalue weighted by Gasteiger charge is -2.30. The van der Waals surface area contributed by atoms with Crippen LogP contribution >= 0.6 is 12.2 Å². The molecule has 8 nitrogen and oxygen atoms in total. The molecule has 2 aliphatic heterocycles. The first-order chi connectivity index (χ1) is 15.6. The Hall–Kier alpha value is -3.30. The summed E-state index contributed by atoms with van der Waals surface area (Å²) >= 11 is 5.76. The van der Waals surface area contributed by atoms with Crippen LogP contribution in [0.15, 0.2) is 67.0 Å². The number of pyridine rings is 1. The van der Waals surface area contributed by atoms with Gasteiger partial charge in [-0.2, -0.15) is 0 Å². The third-order valence-corrected chi connectivity index (χ3v) is 6.40. The van der Waals surface area contributed by atoms with Crippen molar-refractivity contribution in [3.8, 4) is 5.69 Å². The molecule has 0 spiro atoms. The van der Waals surface area contributed by atoms with Gasteiger partial charge in [-0.25, -0.2) is 0 Å². The number of benzene rings is 1. The van der Waals surface area contributed by atoms with Crippen LogP contribution in [0.1, 0.15) is 36.3 Å². The van der Waals surface area contributed by atoms with Crippen LogP contribution in [0.4, 0.5) is 5.69 Å². The minimum atomic E-state index is -0.389. The number of rotatable bonds is 6. The smallest absolute Gasteiger partial charge is 0.269 e. The summed E-state index contributed by atoms with van der Waals surface area (Å²) in [5, 5.41) is 15.2. The van der Waals surface area contributed by atoms with Crippen molar-refractivity contribution < 1.29 is 9.66 Å². The van der Waals surface area contributed by atoms with E-state index in [0.29, 0.717) is 11.7 Å². The first-order valence-corrected chi connectivity index (χ1v) is 11.0. The second-order valence-electron chi connectivity index (χ2n) is 7.99. The van der Waals surface area contributed by atoms with Gasteiger partial charge >= 0.3 is 0 Å².